The van der Waals surface area contributed by atoms with E-state index in [0.29, 0.717) is 52.6 Å². The summed E-state index contributed by atoms with van der Waals surface area (Å²) in [6.45, 7) is 1.21. The van der Waals surface area contributed by atoms with Crippen LogP contribution in [-0.4, -0.2) is 51.4 Å². The summed E-state index contributed by atoms with van der Waals surface area (Å²) in [4.78, 5) is 31.0. The molecule has 1 amide bonds. The van der Waals surface area contributed by atoms with Crippen LogP contribution in [0.4, 0.5) is 11.5 Å². The van der Waals surface area contributed by atoms with E-state index in [2.05, 4.69) is 30.6 Å². The fourth-order valence-corrected chi connectivity index (χ4v) is 3.41. The molecule has 37 heavy (non-hydrogen) atoms. The highest BCUT2D eigenvalue weighted by Crippen LogP contribution is 2.32. The third kappa shape index (κ3) is 7.60. The fraction of sp³-hybridized carbons (Fsp3) is 0.192. The van der Waals surface area contributed by atoms with Crippen molar-refractivity contribution in [1.82, 2.24) is 30.2 Å². The minimum Gasteiger partial charge on any atom is -0.486 e. The number of rotatable bonds is 11. The van der Waals surface area contributed by atoms with Gasteiger partial charge in [0.15, 0.2) is 0 Å². The molecule has 0 aliphatic heterocycles. The van der Waals surface area contributed by atoms with Gasteiger partial charge in [0.05, 0.1) is 28.5 Å². The molecule has 3 heterocycles. The lowest BCUT2D eigenvalue weighted by Gasteiger charge is -2.11. The van der Waals surface area contributed by atoms with Crippen molar-refractivity contribution in [2.75, 3.05) is 26.0 Å². The van der Waals surface area contributed by atoms with Gasteiger partial charge in [0.2, 0.25) is 11.8 Å². The Bertz CT molecular complexity index is 1360. The number of carbonyl (C=O) groups excluding carboxylic acids is 1. The second-order valence-corrected chi connectivity index (χ2v) is 8.60. The molecule has 0 fully saturated rings. The van der Waals surface area contributed by atoms with Gasteiger partial charge in [-0.3, -0.25) is 9.78 Å². The van der Waals surface area contributed by atoms with Gasteiger partial charge in [-0.1, -0.05) is 23.7 Å². The summed E-state index contributed by atoms with van der Waals surface area (Å²) < 4.78 is 11.4. The van der Waals surface area contributed by atoms with Crippen LogP contribution < -0.4 is 15.4 Å². The van der Waals surface area contributed by atoms with Crippen molar-refractivity contribution in [2.45, 2.75) is 13.2 Å². The maximum atomic E-state index is 12.0. The first-order valence-electron chi connectivity index (χ1n) is 11.4. The number of hydrogen-bond acceptors (Lipinski definition) is 9. The molecule has 0 spiro atoms. The molecule has 4 aromatic rings. The van der Waals surface area contributed by atoms with Gasteiger partial charge in [-0.25, -0.2) is 15.0 Å². The summed E-state index contributed by atoms with van der Waals surface area (Å²) in [7, 11) is 3.86. The van der Waals surface area contributed by atoms with E-state index in [9.17, 15) is 4.79 Å². The van der Waals surface area contributed by atoms with E-state index < -0.39 is 0 Å². The Labute approximate surface area is 219 Å². The number of nitrogens with zero attached hydrogens (tertiary/aromatic N) is 5. The van der Waals surface area contributed by atoms with E-state index in [0.717, 1.165) is 5.69 Å². The average molecular weight is 520 g/mol. The number of anilines is 2. The molecular formula is C26H26ClN7O3. The quantitative estimate of drug-likeness (QED) is 0.280. The van der Waals surface area contributed by atoms with Crippen LogP contribution in [0, 0.1) is 0 Å². The van der Waals surface area contributed by atoms with Gasteiger partial charge in [-0.05, 0) is 44.4 Å². The number of benzene rings is 1. The van der Waals surface area contributed by atoms with Crippen LogP contribution in [0.1, 0.15) is 11.4 Å². The summed E-state index contributed by atoms with van der Waals surface area (Å²) in [5.41, 5.74) is 2.62. The largest absolute Gasteiger partial charge is 0.486 e. The highest BCUT2D eigenvalue weighted by molar-refractivity contribution is 6.32. The highest BCUT2D eigenvalue weighted by Gasteiger charge is 2.14. The molecule has 4 rings (SSSR count). The Kier molecular flexibility index (Phi) is 8.79. The van der Waals surface area contributed by atoms with E-state index in [4.69, 9.17) is 20.8 Å². The Balaban J connectivity index is 1.40. The van der Waals surface area contributed by atoms with Crippen molar-refractivity contribution >= 4 is 29.0 Å². The Morgan fingerprint density at radius 3 is 2.86 bits per heavy atom. The molecule has 0 saturated carbocycles. The zero-order chi connectivity index (χ0) is 26.0. The Hall–Kier alpha value is -4.28. The zero-order valence-electron chi connectivity index (χ0n) is 20.4. The van der Waals surface area contributed by atoms with Gasteiger partial charge in [0.1, 0.15) is 30.8 Å². The van der Waals surface area contributed by atoms with E-state index >= 15 is 0 Å². The number of aromatic nitrogens is 4. The monoisotopic (exact) mass is 519 g/mol. The number of likely N-dealkylation sites (N-methyl/N-ethyl adjacent to an activating group) is 1. The lowest BCUT2D eigenvalue weighted by molar-refractivity contribution is -0.116. The summed E-state index contributed by atoms with van der Waals surface area (Å²) >= 11 is 6.44. The lowest BCUT2D eigenvalue weighted by atomic mass is 10.2. The van der Waals surface area contributed by atoms with Gasteiger partial charge in [-0.2, -0.15) is 0 Å². The molecule has 3 aromatic heterocycles. The van der Waals surface area contributed by atoms with Gasteiger partial charge in [0, 0.05) is 30.7 Å². The van der Waals surface area contributed by atoms with E-state index in [1.807, 2.05) is 43.3 Å². The molecule has 0 saturated heterocycles. The first-order chi connectivity index (χ1) is 18.0. The molecule has 0 radical (unpaired) electrons. The number of halogens is 1. The first kappa shape index (κ1) is 25.8. The normalized spacial score (nSPS) is 11.1. The molecule has 0 aliphatic rings. The van der Waals surface area contributed by atoms with Gasteiger partial charge in [0.25, 0.3) is 0 Å². The third-order valence-corrected chi connectivity index (χ3v) is 5.27. The van der Waals surface area contributed by atoms with Gasteiger partial charge >= 0.3 is 0 Å². The molecule has 190 valence electrons. The van der Waals surface area contributed by atoms with Crippen LogP contribution in [0.2, 0.25) is 5.02 Å². The van der Waals surface area contributed by atoms with Crippen LogP contribution >= 0.6 is 11.6 Å². The van der Waals surface area contributed by atoms with Crippen LogP contribution in [0.25, 0.3) is 11.5 Å². The standard InChI is InChI=1S/C26H26ClN7O3/c1-34(2)11-5-7-24(35)30-13-20-16-37-26(33-20)21-14-28-17-31-25(21)32-18-8-9-23(22(27)12-18)36-15-19-6-3-4-10-29-19/h3-10,12,14,16-17H,11,13,15H2,1-2H3,(H,30,35)(H,28,31,32)/b7-5+. The molecule has 1 aromatic carbocycles. The number of ether oxygens (including phenoxy) is 1. The molecule has 0 atom stereocenters. The molecule has 11 heteroatoms. The van der Waals surface area contributed by atoms with Crippen molar-refractivity contribution in [3.63, 3.8) is 0 Å². The van der Waals surface area contributed by atoms with E-state index in [1.165, 1.54) is 18.7 Å². The van der Waals surface area contributed by atoms with Crippen molar-refractivity contribution in [3.8, 4) is 17.2 Å². The molecule has 0 bridgehead atoms. The van der Waals surface area contributed by atoms with Crippen molar-refractivity contribution in [3.05, 3.63) is 89.9 Å². The molecular weight excluding hydrogens is 494 g/mol. The van der Waals surface area contributed by atoms with Gasteiger partial charge < -0.3 is 24.7 Å². The highest BCUT2D eigenvalue weighted by atomic mass is 35.5. The molecule has 0 unspecified atom stereocenters. The summed E-state index contributed by atoms with van der Waals surface area (Å²) in [5.74, 6) is 1.13. The number of oxazole rings is 1. The predicted octanol–water partition coefficient (Wildman–Crippen LogP) is 4.24. The topological polar surface area (TPSA) is 118 Å². The Morgan fingerprint density at radius 1 is 1.19 bits per heavy atom. The SMILES string of the molecule is CN(C)C/C=C/C(=O)NCc1coc(-c2cncnc2Nc2ccc(OCc3ccccn3)c(Cl)c2)n1. The Morgan fingerprint density at radius 2 is 2.08 bits per heavy atom. The van der Waals surface area contributed by atoms with Gasteiger partial charge in [-0.15, -0.1) is 0 Å². The summed E-state index contributed by atoms with van der Waals surface area (Å²) in [6, 6.07) is 11.0. The maximum absolute atomic E-state index is 12.0. The van der Waals surface area contributed by atoms with Crippen LogP contribution in [0.5, 0.6) is 5.75 Å². The van der Waals surface area contributed by atoms with Crippen molar-refractivity contribution in [2.24, 2.45) is 0 Å². The number of carbonyl (C=O) groups is 1. The predicted molar refractivity (Wildman–Crippen MR) is 140 cm³/mol. The van der Waals surface area contributed by atoms with Crippen molar-refractivity contribution < 1.29 is 13.9 Å². The van der Waals surface area contributed by atoms with E-state index in [-0.39, 0.29) is 12.5 Å². The van der Waals surface area contributed by atoms with Crippen LogP contribution in [0.15, 0.2) is 78.0 Å². The summed E-state index contributed by atoms with van der Waals surface area (Å²) in [6.07, 6.45) is 9.49. The number of pyridine rings is 1. The smallest absolute Gasteiger partial charge is 0.244 e. The number of hydrogen-bond donors (Lipinski definition) is 2. The third-order valence-electron chi connectivity index (χ3n) is 4.97. The maximum Gasteiger partial charge on any atom is 0.244 e. The fourth-order valence-electron chi connectivity index (χ4n) is 3.17. The van der Waals surface area contributed by atoms with Crippen LogP contribution in [-0.2, 0) is 17.9 Å². The second kappa shape index (κ2) is 12.6. The average Bonchev–Trinajstić information content (AvgIpc) is 3.37. The molecule has 10 nitrogen and oxygen atoms in total. The number of nitrogens with one attached hydrogen (secondary N) is 2. The summed E-state index contributed by atoms with van der Waals surface area (Å²) in [5, 5.41) is 6.43. The van der Waals surface area contributed by atoms with E-state index in [1.54, 1.807) is 30.6 Å². The van der Waals surface area contributed by atoms with Crippen molar-refractivity contribution in [1.29, 1.82) is 0 Å². The minimum absolute atomic E-state index is 0.207. The first-order valence-corrected chi connectivity index (χ1v) is 11.8. The lowest BCUT2D eigenvalue weighted by Crippen LogP contribution is -2.21. The number of amides is 1. The minimum atomic E-state index is -0.207. The van der Waals surface area contributed by atoms with Crippen LogP contribution in [0.3, 0.4) is 0 Å². The molecule has 2 N–H and O–H groups in total. The zero-order valence-corrected chi connectivity index (χ0v) is 21.1. The second-order valence-electron chi connectivity index (χ2n) is 8.19. The molecule has 0 aliphatic carbocycles.